The number of carbonyl (C=O) groups is 1. The molecule has 0 aliphatic carbocycles. The van der Waals surface area contributed by atoms with Gasteiger partial charge in [0.25, 0.3) is 5.91 Å². The standard InChI is InChI=1S/C24H19ClN6O/c1-16-6-4-8-17-12-20(23-27-28-29-31(23)22(16)17)15-30(14-19-7-2-3-10-21(19)25)24(32)18-9-5-11-26-13-18/h2-13H,14-15H2,1H3. The van der Waals surface area contributed by atoms with Gasteiger partial charge in [0.2, 0.25) is 0 Å². The summed E-state index contributed by atoms with van der Waals surface area (Å²) in [5.41, 5.74) is 4.86. The van der Waals surface area contributed by atoms with Gasteiger partial charge in [0.05, 0.1) is 17.6 Å². The molecule has 0 N–H and O–H groups in total. The number of benzene rings is 2. The normalized spacial score (nSPS) is 11.2. The summed E-state index contributed by atoms with van der Waals surface area (Å²) in [6.07, 6.45) is 3.21. The van der Waals surface area contributed by atoms with Gasteiger partial charge in [-0.15, -0.1) is 5.10 Å². The van der Waals surface area contributed by atoms with E-state index >= 15 is 0 Å². The maximum atomic E-state index is 13.4. The number of tetrazole rings is 1. The zero-order valence-electron chi connectivity index (χ0n) is 17.3. The van der Waals surface area contributed by atoms with Crippen LogP contribution >= 0.6 is 11.6 Å². The summed E-state index contributed by atoms with van der Waals surface area (Å²) < 4.78 is 1.74. The van der Waals surface area contributed by atoms with E-state index in [1.807, 2.05) is 55.5 Å². The van der Waals surface area contributed by atoms with Crippen molar-refractivity contribution in [2.24, 2.45) is 0 Å². The zero-order chi connectivity index (χ0) is 22.1. The lowest BCUT2D eigenvalue weighted by atomic mass is 10.1. The Morgan fingerprint density at radius 3 is 2.69 bits per heavy atom. The molecule has 1 amide bonds. The molecule has 0 spiro atoms. The van der Waals surface area contributed by atoms with Crippen LogP contribution in [0.25, 0.3) is 16.6 Å². The van der Waals surface area contributed by atoms with Crippen LogP contribution in [0.5, 0.6) is 0 Å². The summed E-state index contributed by atoms with van der Waals surface area (Å²) in [6, 6.07) is 19.1. The summed E-state index contributed by atoms with van der Waals surface area (Å²) in [6.45, 7) is 2.68. The highest BCUT2D eigenvalue weighted by molar-refractivity contribution is 6.31. The predicted octanol–water partition coefficient (Wildman–Crippen LogP) is 4.48. The maximum Gasteiger partial charge on any atom is 0.256 e. The van der Waals surface area contributed by atoms with Crippen LogP contribution in [0.2, 0.25) is 5.02 Å². The second-order valence-corrected chi connectivity index (χ2v) is 8.00. The molecule has 0 fully saturated rings. The molecular weight excluding hydrogens is 424 g/mol. The first-order chi connectivity index (χ1) is 15.6. The fourth-order valence-corrected chi connectivity index (χ4v) is 4.10. The van der Waals surface area contributed by atoms with E-state index in [-0.39, 0.29) is 5.91 Å². The molecule has 32 heavy (non-hydrogen) atoms. The molecule has 0 radical (unpaired) electrons. The van der Waals surface area contributed by atoms with E-state index in [2.05, 4.69) is 20.5 Å². The van der Waals surface area contributed by atoms with Crippen LogP contribution in [0.3, 0.4) is 0 Å². The molecular formula is C24H19ClN6O. The average molecular weight is 443 g/mol. The number of hydrogen-bond acceptors (Lipinski definition) is 5. The number of aryl methyl sites for hydroxylation is 1. The number of carbonyl (C=O) groups excluding carboxylic acids is 1. The molecule has 0 saturated carbocycles. The number of halogens is 1. The maximum absolute atomic E-state index is 13.4. The van der Waals surface area contributed by atoms with Gasteiger partial charge in [-0.1, -0.05) is 48.0 Å². The highest BCUT2D eigenvalue weighted by Gasteiger charge is 2.21. The molecule has 0 unspecified atom stereocenters. The van der Waals surface area contributed by atoms with Crippen molar-refractivity contribution in [3.8, 4) is 0 Å². The number of para-hydroxylation sites is 1. The lowest BCUT2D eigenvalue weighted by Crippen LogP contribution is -2.30. The third-order valence-electron chi connectivity index (χ3n) is 5.44. The van der Waals surface area contributed by atoms with Gasteiger partial charge in [-0.2, -0.15) is 4.52 Å². The highest BCUT2D eigenvalue weighted by atomic mass is 35.5. The van der Waals surface area contributed by atoms with Crippen molar-refractivity contribution in [2.75, 3.05) is 0 Å². The SMILES string of the molecule is Cc1cccc2cc(CN(Cc3ccccc3Cl)C(=O)c3cccnc3)c3nnnn3c12. The van der Waals surface area contributed by atoms with Gasteiger partial charge in [-0.3, -0.25) is 9.78 Å². The largest absolute Gasteiger partial charge is 0.330 e. The van der Waals surface area contributed by atoms with E-state index in [1.54, 1.807) is 33.9 Å². The van der Waals surface area contributed by atoms with Crippen molar-refractivity contribution in [3.05, 3.63) is 100 Å². The Morgan fingerprint density at radius 2 is 1.88 bits per heavy atom. The van der Waals surface area contributed by atoms with Gasteiger partial charge in [-0.05, 0) is 52.7 Å². The first-order valence-electron chi connectivity index (χ1n) is 10.1. The van der Waals surface area contributed by atoms with Gasteiger partial charge in [0, 0.05) is 34.9 Å². The third-order valence-corrected chi connectivity index (χ3v) is 5.81. The Bertz CT molecular complexity index is 1430. The van der Waals surface area contributed by atoms with Crippen molar-refractivity contribution in [1.82, 2.24) is 29.9 Å². The van der Waals surface area contributed by atoms with Crippen molar-refractivity contribution < 1.29 is 4.79 Å². The lowest BCUT2D eigenvalue weighted by molar-refractivity contribution is 0.0730. The van der Waals surface area contributed by atoms with Crippen molar-refractivity contribution in [3.63, 3.8) is 0 Å². The fraction of sp³-hybridized carbons (Fsp3) is 0.125. The first kappa shape index (κ1) is 20.1. The Balaban J connectivity index is 1.60. The minimum atomic E-state index is -0.145. The Labute approximate surface area is 189 Å². The zero-order valence-corrected chi connectivity index (χ0v) is 18.1. The lowest BCUT2D eigenvalue weighted by Gasteiger charge is -2.24. The van der Waals surface area contributed by atoms with Gasteiger partial charge in [0.15, 0.2) is 5.65 Å². The molecule has 8 heteroatoms. The summed E-state index contributed by atoms with van der Waals surface area (Å²) >= 11 is 6.41. The van der Waals surface area contributed by atoms with E-state index in [9.17, 15) is 4.79 Å². The molecule has 7 nitrogen and oxygen atoms in total. The molecule has 3 aromatic heterocycles. The summed E-state index contributed by atoms with van der Waals surface area (Å²) in [4.78, 5) is 19.3. The van der Waals surface area contributed by atoms with Crippen LogP contribution in [0.15, 0.2) is 73.1 Å². The van der Waals surface area contributed by atoms with E-state index < -0.39 is 0 Å². The number of amides is 1. The second kappa shape index (κ2) is 8.36. The van der Waals surface area contributed by atoms with E-state index in [0.29, 0.717) is 29.3 Å². The Hall–Kier alpha value is -3.84. The van der Waals surface area contributed by atoms with E-state index in [1.165, 1.54) is 0 Å². The van der Waals surface area contributed by atoms with Crippen LogP contribution in [0.4, 0.5) is 0 Å². The number of hydrogen-bond donors (Lipinski definition) is 0. The molecule has 5 aromatic rings. The predicted molar refractivity (Wildman–Crippen MR) is 122 cm³/mol. The van der Waals surface area contributed by atoms with Crippen LogP contribution in [-0.4, -0.2) is 35.8 Å². The monoisotopic (exact) mass is 442 g/mol. The minimum Gasteiger partial charge on any atom is -0.330 e. The van der Waals surface area contributed by atoms with Crippen LogP contribution < -0.4 is 0 Å². The Kier molecular flexibility index (Phi) is 5.25. The van der Waals surface area contributed by atoms with Crippen molar-refractivity contribution >= 4 is 34.1 Å². The number of rotatable bonds is 5. The molecule has 2 aromatic carbocycles. The number of fused-ring (bicyclic) bond motifs is 3. The Morgan fingerprint density at radius 1 is 1.03 bits per heavy atom. The van der Waals surface area contributed by atoms with Crippen LogP contribution in [-0.2, 0) is 13.1 Å². The molecule has 0 aliphatic heterocycles. The van der Waals surface area contributed by atoms with Gasteiger partial charge in [-0.25, -0.2) is 0 Å². The van der Waals surface area contributed by atoms with Crippen LogP contribution in [0.1, 0.15) is 27.0 Å². The highest BCUT2D eigenvalue weighted by Crippen LogP contribution is 2.25. The van der Waals surface area contributed by atoms with Gasteiger partial charge in [0.1, 0.15) is 0 Å². The smallest absolute Gasteiger partial charge is 0.256 e. The summed E-state index contributed by atoms with van der Waals surface area (Å²) in [7, 11) is 0. The molecule has 5 rings (SSSR count). The summed E-state index contributed by atoms with van der Waals surface area (Å²) in [5, 5.41) is 13.9. The first-order valence-corrected chi connectivity index (χ1v) is 10.5. The van der Waals surface area contributed by atoms with Crippen molar-refractivity contribution in [2.45, 2.75) is 20.0 Å². The average Bonchev–Trinajstić information content (AvgIpc) is 3.30. The molecule has 0 bridgehead atoms. The molecule has 0 atom stereocenters. The number of pyridine rings is 2. The van der Waals surface area contributed by atoms with E-state index in [4.69, 9.17) is 11.6 Å². The molecule has 0 aliphatic rings. The molecule has 0 saturated heterocycles. The number of aromatic nitrogens is 5. The van der Waals surface area contributed by atoms with E-state index in [0.717, 1.165) is 27.6 Å². The number of nitrogens with zero attached hydrogens (tertiary/aromatic N) is 6. The summed E-state index contributed by atoms with van der Waals surface area (Å²) in [5.74, 6) is -0.145. The molecule has 3 heterocycles. The minimum absolute atomic E-state index is 0.145. The van der Waals surface area contributed by atoms with Crippen molar-refractivity contribution in [1.29, 1.82) is 0 Å². The van der Waals surface area contributed by atoms with Gasteiger partial charge < -0.3 is 4.90 Å². The fourth-order valence-electron chi connectivity index (χ4n) is 3.90. The molecule has 158 valence electrons. The topological polar surface area (TPSA) is 76.3 Å². The quantitative estimate of drug-likeness (QED) is 0.401. The van der Waals surface area contributed by atoms with Crippen LogP contribution in [0, 0.1) is 6.92 Å². The van der Waals surface area contributed by atoms with Gasteiger partial charge >= 0.3 is 0 Å². The second-order valence-electron chi connectivity index (χ2n) is 7.59. The third kappa shape index (κ3) is 3.67.